The van der Waals surface area contributed by atoms with E-state index in [9.17, 15) is 19.2 Å². The molecule has 1 aromatic rings. The van der Waals surface area contributed by atoms with Crippen LogP contribution in [0.2, 0.25) is 0 Å². The molecule has 0 bridgehead atoms. The number of nitrogens with two attached hydrogens (primary N) is 1. The second-order valence-electron chi connectivity index (χ2n) is 9.68. The van der Waals surface area contributed by atoms with Gasteiger partial charge in [0.15, 0.2) is 0 Å². The van der Waals surface area contributed by atoms with Crippen molar-refractivity contribution in [1.82, 2.24) is 15.5 Å². The lowest BCUT2D eigenvalue weighted by Crippen LogP contribution is -2.53. The quantitative estimate of drug-likeness (QED) is 0.387. The lowest BCUT2D eigenvalue weighted by molar-refractivity contribution is -0.142. The van der Waals surface area contributed by atoms with E-state index >= 15 is 0 Å². The molecule has 196 valence electrons. The van der Waals surface area contributed by atoms with Crippen molar-refractivity contribution in [3.63, 3.8) is 0 Å². The SMILES string of the molecule is CCCCNC(=O)C(c1c(C)cccc1C)N(CC)C(=O)C(CCC(N)=O)NC(=O)OC(C)(C)C. The summed E-state index contributed by atoms with van der Waals surface area (Å²) >= 11 is 0. The molecule has 2 atom stereocenters. The second-order valence-corrected chi connectivity index (χ2v) is 9.68. The Labute approximate surface area is 209 Å². The van der Waals surface area contributed by atoms with Crippen LogP contribution < -0.4 is 16.4 Å². The van der Waals surface area contributed by atoms with Crippen LogP contribution in [0.5, 0.6) is 0 Å². The fraction of sp³-hybridized carbons (Fsp3) is 0.615. The van der Waals surface area contributed by atoms with Crippen LogP contribution in [0.3, 0.4) is 0 Å². The Morgan fingerprint density at radius 2 is 1.69 bits per heavy atom. The van der Waals surface area contributed by atoms with Gasteiger partial charge < -0.3 is 26.0 Å². The molecule has 0 aromatic heterocycles. The maximum absolute atomic E-state index is 13.8. The van der Waals surface area contributed by atoms with E-state index in [2.05, 4.69) is 10.6 Å². The highest BCUT2D eigenvalue weighted by Gasteiger charge is 2.36. The third-order valence-corrected chi connectivity index (χ3v) is 5.50. The summed E-state index contributed by atoms with van der Waals surface area (Å²) in [4.78, 5) is 52.6. The first kappa shape index (κ1) is 29.9. The monoisotopic (exact) mass is 490 g/mol. The van der Waals surface area contributed by atoms with Crippen LogP contribution in [0.15, 0.2) is 18.2 Å². The van der Waals surface area contributed by atoms with Gasteiger partial charge in [-0.05, 0) is 71.1 Å². The fourth-order valence-corrected chi connectivity index (χ4v) is 3.83. The number of likely N-dealkylation sites (N-methyl/N-ethyl adjacent to an activating group) is 1. The number of primary amides is 1. The van der Waals surface area contributed by atoms with E-state index in [1.165, 1.54) is 4.90 Å². The molecule has 35 heavy (non-hydrogen) atoms. The van der Waals surface area contributed by atoms with E-state index in [-0.39, 0.29) is 25.3 Å². The highest BCUT2D eigenvalue weighted by atomic mass is 16.6. The molecule has 0 saturated heterocycles. The van der Waals surface area contributed by atoms with E-state index in [1.807, 2.05) is 39.0 Å². The zero-order valence-corrected chi connectivity index (χ0v) is 22.2. The minimum atomic E-state index is -1.09. The molecule has 9 heteroatoms. The van der Waals surface area contributed by atoms with Crippen molar-refractivity contribution < 1.29 is 23.9 Å². The zero-order valence-electron chi connectivity index (χ0n) is 22.2. The summed E-state index contributed by atoms with van der Waals surface area (Å²) in [5, 5.41) is 5.53. The number of carbonyl (C=O) groups is 4. The Hall–Kier alpha value is -3.10. The lowest BCUT2D eigenvalue weighted by Gasteiger charge is -2.35. The van der Waals surface area contributed by atoms with Crippen LogP contribution in [0, 0.1) is 13.8 Å². The zero-order chi connectivity index (χ0) is 26.8. The first-order valence-electron chi connectivity index (χ1n) is 12.2. The van der Waals surface area contributed by atoms with E-state index < -0.39 is 35.6 Å². The van der Waals surface area contributed by atoms with Gasteiger partial charge in [-0.2, -0.15) is 0 Å². The molecule has 2 unspecified atom stereocenters. The minimum Gasteiger partial charge on any atom is -0.444 e. The lowest BCUT2D eigenvalue weighted by atomic mass is 9.93. The van der Waals surface area contributed by atoms with Gasteiger partial charge in [0.25, 0.3) is 0 Å². The Morgan fingerprint density at radius 1 is 1.09 bits per heavy atom. The van der Waals surface area contributed by atoms with Gasteiger partial charge in [-0.1, -0.05) is 31.5 Å². The molecule has 0 aliphatic heterocycles. The van der Waals surface area contributed by atoms with Crippen LogP contribution in [-0.4, -0.2) is 53.4 Å². The fourth-order valence-electron chi connectivity index (χ4n) is 3.83. The summed E-state index contributed by atoms with van der Waals surface area (Å²) in [5.41, 5.74) is 7.03. The van der Waals surface area contributed by atoms with E-state index in [0.717, 1.165) is 29.5 Å². The number of aryl methyl sites for hydroxylation is 2. The summed E-state index contributed by atoms with van der Waals surface area (Å²) in [5.74, 6) is -1.38. The summed E-state index contributed by atoms with van der Waals surface area (Å²) in [6.07, 6.45) is 0.820. The van der Waals surface area contributed by atoms with Crippen molar-refractivity contribution in [2.75, 3.05) is 13.1 Å². The highest BCUT2D eigenvalue weighted by Crippen LogP contribution is 2.28. The molecule has 4 amide bonds. The van der Waals surface area contributed by atoms with Gasteiger partial charge in [-0.15, -0.1) is 0 Å². The van der Waals surface area contributed by atoms with Crippen molar-refractivity contribution in [3.8, 4) is 0 Å². The number of alkyl carbamates (subject to hydrolysis) is 1. The molecule has 1 rings (SSSR count). The number of nitrogens with zero attached hydrogens (tertiary/aromatic N) is 1. The number of hydrogen-bond donors (Lipinski definition) is 3. The van der Waals surface area contributed by atoms with E-state index in [4.69, 9.17) is 10.5 Å². The van der Waals surface area contributed by atoms with Crippen LogP contribution in [0.1, 0.15) is 83.0 Å². The molecule has 0 saturated carbocycles. The smallest absolute Gasteiger partial charge is 0.408 e. The van der Waals surface area contributed by atoms with E-state index in [0.29, 0.717) is 6.54 Å². The number of amides is 4. The first-order chi connectivity index (χ1) is 16.3. The third kappa shape index (κ3) is 9.58. The number of benzene rings is 1. The Morgan fingerprint density at radius 3 is 2.17 bits per heavy atom. The van der Waals surface area contributed by atoms with Gasteiger partial charge in [0.2, 0.25) is 17.7 Å². The maximum Gasteiger partial charge on any atom is 0.408 e. The Bertz CT molecular complexity index is 874. The van der Waals surface area contributed by atoms with Gasteiger partial charge >= 0.3 is 6.09 Å². The molecule has 4 N–H and O–H groups in total. The van der Waals surface area contributed by atoms with Gasteiger partial charge in [0.1, 0.15) is 17.7 Å². The third-order valence-electron chi connectivity index (χ3n) is 5.50. The molecule has 1 aromatic carbocycles. The van der Waals surface area contributed by atoms with Crippen LogP contribution in [0.4, 0.5) is 4.79 Å². The predicted molar refractivity (Wildman–Crippen MR) is 136 cm³/mol. The molecule has 9 nitrogen and oxygen atoms in total. The second kappa shape index (κ2) is 13.7. The van der Waals surface area contributed by atoms with Crippen molar-refractivity contribution in [3.05, 3.63) is 34.9 Å². The average molecular weight is 491 g/mol. The normalized spacial score (nSPS) is 12.9. The van der Waals surface area contributed by atoms with Crippen LogP contribution in [-0.2, 0) is 19.1 Å². The predicted octanol–water partition coefficient (Wildman–Crippen LogP) is 3.27. The van der Waals surface area contributed by atoms with E-state index in [1.54, 1.807) is 27.7 Å². The molecule has 0 heterocycles. The average Bonchev–Trinajstić information content (AvgIpc) is 2.74. The van der Waals surface area contributed by atoms with Gasteiger partial charge in [0.05, 0.1) is 0 Å². The number of ether oxygens (including phenoxy) is 1. The largest absolute Gasteiger partial charge is 0.444 e. The Balaban J connectivity index is 3.42. The topological polar surface area (TPSA) is 131 Å². The molecule has 0 fully saturated rings. The molecular weight excluding hydrogens is 448 g/mol. The van der Waals surface area contributed by atoms with Gasteiger partial charge in [0, 0.05) is 19.5 Å². The molecule has 0 aliphatic rings. The summed E-state index contributed by atoms with van der Waals surface area (Å²) in [7, 11) is 0. The number of nitrogens with one attached hydrogen (secondary N) is 2. The number of hydrogen-bond acceptors (Lipinski definition) is 5. The Kier molecular flexibility index (Phi) is 11.7. The number of unbranched alkanes of at least 4 members (excludes halogenated alkanes) is 1. The number of rotatable bonds is 12. The van der Waals surface area contributed by atoms with Gasteiger partial charge in [-0.25, -0.2) is 4.79 Å². The number of carbonyl (C=O) groups excluding carboxylic acids is 4. The first-order valence-corrected chi connectivity index (χ1v) is 12.2. The van der Waals surface area contributed by atoms with Crippen molar-refractivity contribution in [2.24, 2.45) is 5.73 Å². The summed E-state index contributed by atoms with van der Waals surface area (Å²) in [6.45, 7) is 13.4. The minimum absolute atomic E-state index is 0.0131. The van der Waals surface area contributed by atoms with Crippen molar-refractivity contribution >= 4 is 23.8 Å². The molecular formula is C26H42N4O5. The summed E-state index contributed by atoms with van der Waals surface area (Å²) in [6, 6.07) is 3.71. The summed E-state index contributed by atoms with van der Waals surface area (Å²) < 4.78 is 5.32. The molecule has 0 spiro atoms. The molecule has 0 radical (unpaired) electrons. The maximum atomic E-state index is 13.8. The standard InChI is InChI=1S/C26H42N4O5/c1-8-10-16-28-23(32)22(21-17(3)12-11-13-18(21)4)30(9-2)24(33)19(14-15-20(27)31)29-25(34)35-26(5,6)7/h11-13,19,22H,8-10,14-16H2,1-7H3,(H2,27,31)(H,28,32)(H,29,34). The molecule has 0 aliphatic carbocycles. The van der Waals surface area contributed by atoms with Gasteiger partial charge in [-0.3, -0.25) is 14.4 Å². The highest BCUT2D eigenvalue weighted by molar-refractivity contribution is 5.92. The van der Waals surface area contributed by atoms with Crippen LogP contribution >= 0.6 is 0 Å². The van der Waals surface area contributed by atoms with Crippen LogP contribution in [0.25, 0.3) is 0 Å². The van der Waals surface area contributed by atoms with Crippen molar-refractivity contribution in [2.45, 2.75) is 91.8 Å². The van der Waals surface area contributed by atoms with Crippen molar-refractivity contribution in [1.29, 1.82) is 0 Å².